The van der Waals surface area contributed by atoms with Crippen molar-refractivity contribution in [1.82, 2.24) is 0 Å². The van der Waals surface area contributed by atoms with Crippen LogP contribution in [-0.2, 0) is 41.8 Å². The molecule has 0 aromatic heterocycles. The van der Waals surface area contributed by atoms with E-state index in [9.17, 15) is 0 Å². The summed E-state index contributed by atoms with van der Waals surface area (Å²) in [5.41, 5.74) is 10.0. The summed E-state index contributed by atoms with van der Waals surface area (Å²) in [6.07, 6.45) is 23.3. The molecule has 228 valence electrons. The van der Waals surface area contributed by atoms with Gasteiger partial charge in [-0.15, -0.1) is 0 Å². The van der Waals surface area contributed by atoms with E-state index in [1.165, 1.54) is 12.8 Å². The summed E-state index contributed by atoms with van der Waals surface area (Å²) in [4.78, 5) is 0. The van der Waals surface area contributed by atoms with Crippen molar-refractivity contribution in [3.63, 3.8) is 0 Å². The molecule has 2 aliphatic heterocycles. The zero-order chi connectivity index (χ0) is 28.6. The SMILES string of the molecule is CC1=C(C)C(C)[C]([Zr+]([C]2=CC=CC2)[SiH]2CCCC2)=C1C.CC1=C(C)C(C)[C]([Zr+]([C]2=CC=CC2)[SiH]2CCCC2)=C1C.[Cl-].[Cl-]. The first-order valence-corrected chi connectivity index (χ1v) is 34.3. The van der Waals surface area contributed by atoms with Gasteiger partial charge >= 0.3 is 267 Å². The first-order chi connectivity index (χ1) is 19.2. The zero-order valence-electron chi connectivity index (χ0n) is 27.6. The summed E-state index contributed by atoms with van der Waals surface area (Å²) < 4.78 is 7.90. The van der Waals surface area contributed by atoms with Gasteiger partial charge in [0.25, 0.3) is 0 Å². The van der Waals surface area contributed by atoms with E-state index >= 15 is 0 Å². The number of halogens is 2. The molecule has 2 atom stereocenters. The smallest absolute Gasteiger partial charge is 1.00 e. The molecule has 2 unspecified atom stereocenters. The Labute approximate surface area is 288 Å². The Kier molecular flexibility index (Phi) is 14.6. The van der Waals surface area contributed by atoms with Crippen LogP contribution in [0.1, 0.15) is 93.9 Å². The first kappa shape index (κ1) is 37.2. The molecule has 6 rings (SSSR count). The van der Waals surface area contributed by atoms with Gasteiger partial charge in [-0.3, -0.25) is 0 Å². The fraction of sp³-hybridized carbons (Fsp3) is 0.556. The Morgan fingerprint density at radius 3 is 1.12 bits per heavy atom. The third-order valence-corrected chi connectivity index (χ3v) is 58.3. The third kappa shape index (κ3) is 7.46. The Hall–Kier alpha value is 0.700. The molecule has 2 fully saturated rings. The van der Waals surface area contributed by atoms with Crippen molar-refractivity contribution in [1.29, 1.82) is 0 Å². The minimum Gasteiger partial charge on any atom is -1.00 e. The van der Waals surface area contributed by atoms with Crippen LogP contribution in [0, 0.1) is 11.8 Å². The average Bonchev–Trinajstić information content (AvgIpc) is 3.80. The third-order valence-electron chi connectivity index (χ3n) is 11.6. The normalized spacial score (nSPS) is 25.7. The van der Waals surface area contributed by atoms with Crippen molar-refractivity contribution in [3.8, 4) is 0 Å². The van der Waals surface area contributed by atoms with Crippen molar-refractivity contribution in [2.75, 3.05) is 0 Å². The van der Waals surface area contributed by atoms with Crippen molar-refractivity contribution >= 4 is 11.8 Å². The van der Waals surface area contributed by atoms with E-state index in [1.54, 1.807) is 83.3 Å². The van der Waals surface area contributed by atoms with Crippen LogP contribution >= 0.6 is 0 Å². The maximum Gasteiger partial charge on any atom is -1.00 e. The van der Waals surface area contributed by atoms with Crippen LogP contribution in [0.25, 0.3) is 0 Å². The second-order valence-electron chi connectivity index (χ2n) is 13.6. The minimum absolute atomic E-state index is 0. The quantitative estimate of drug-likeness (QED) is 0.349. The molecule has 0 saturated carbocycles. The van der Waals surface area contributed by atoms with Gasteiger partial charge in [-0.25, -0.2) is 0 Å². The second kappa shape index (κ2) is 16.5. The van der Waals surface area contributed by atoms with E-state index < -0.39 is 53.7 Å². The van der Waals surface area contributed by atoms with Crippen LogP contribution in [0.2, 0.25) is 24.2 Å². The monoisotopic (exact) mass is 792 g/mol. The van der Waals surface area contributed by atoms with Gasteiger partial charge in [-0.1, -0.05) is 0 Å². The summed E-state index contributed by atoms with van der Waals surface area (Å²) in [7, 11) is 0. The minimum atomic E-state index is -1.50. The Morgan fingerprint density at radius 1 is 0.548 bits per heavy atom. The number of allylic oxidation sites excluding steroid dienone is 16. The van der Waals surface area contributed by atoms with Crippen LogP contribution < -0.4 is 24.8 Å². The summed E-state index contributed by atoms with van der Waals surface area (Å²) in [6, 6.07) is 6.64. The molecule has 0 N–H and O–H groups in total. The van der Waals surface area contributed by atoms with E-state index in [0.717, 1.165) is 11.8 Å². The van der Waals surface area contributed by atoms with Gasteiger partial charge in [-0.2, -0.15) is 0 Å². The Balaban J connectivity index is 0.000000220. The molecular weight excluding hydrogens is 742 g/mol. The molecule has 0 spiro atoms. The van der Waals surface area contributed by atoms with Gasteiger partial charge in [-0.05, 0) is 0 Å². The predicted molar refractivity (Wildman–Crippen MR) is 176 cm³/mol. The molecule has 0 aromatic rings. The van der Waals surface area contributed by atoms with Crippen molar-refractivity contribution < 1.29 is 66.6 Å². The maximum absolute atomic E-state index is 2.52. The molecule has 2 saturated heterocycles. The summed E-state index contributed by atoms with van der Waals surface area (Å²) in [5, 5.41) is 0. The standard InChI is InChI=1S/2C9H13.2C5H5.2C4H9Si.2ClH.2Zr/c2*1-6-5-7(2)9(4)8(6)3;4*1-2-4-5-3-1;;;;/h2*6H,1-4H3;2*1-3H,4H2;2*5H,1-4H2;2*1H;;/q;;;;;;;;2*+1/p-2. The second-order valence-corrected chi connectivity index (χ2v) is 47.4. The van der Waals surface area contributed by atoms with Gasteiger partial charge in [0.15, 0.2) is 0 Å². The van der Waals surface area contributed by atoms with Crippen molar-refractivity contribution in [2.24, 2.45) is 11.8 Å². The number of rotatable bonds is 6. The molecule has 0 bridgehead atoms. The van der Waals surface area contributed by atoms with Gasteiger partial charge in [0.1, 0.15) is 0 Å². The number of hydrogen-bond acceptors (Lipinski definition) is 0. The molecule has 0 nitrogen and oxygen atoms in total. The molecule has 0 amide bonds. The molecule has 2 heterocycles. The largest absolute Gasteiger partial charge is 1.00 e. The molecule has 42 heavy (non-hydrogen) atoms. The molecular formula is C36H54Cl2Si2Zr2. The van der Waals surface area contributed by atoms with Gasteiger partial charge in [0.2, 0.25) is 0 Å². The fourth-order valence-electron chi connectivity index (χ4n) is 8.63. The first-order valence-electron chi connectivity index (χ1n) is 16.5. The number of hydrogen-bond donors (Lipinski definition) is 0. The van der Waals surface area contributed by atoms with Crippen LogP contribution in [0.4, 0.5) is 0 Å². The van der Waals surface area contributed by atoms with Crippen LogP contribution in [0.3, 0.4) is 0 Å². The molecule has 6 heteroatoms. The Morgan fingerprint density at radius 2 is 0.881 bits per heavy atom. The van der Waals surface area contributed by atoms with E-state index in [4.69, 9.17) is 0 Å². The predicted octanol–water partition coefficient (Wildman–Crippen LogP) is 4.46. The molecule has 0 aromatic carbocycles. The summed E-state index contributed by atoms with van der Waals surface area (Å²) in [6.45, 7) is 19.4. The van der Waals surface area contributed by atoms with E-state index in [0.29, 0.717) is 0 Å². The van der Waals surface area contributed by atoms with E-state index in [-0.39, 0.29) is 24.8 Å². The van der Waals surface area contributed by atoms with Gasteiger partial charge in [0.05, 0.1) is 0 Å². The van der Waals surface area contributed by atoms with Crippen molar-refractivity contribution in [3.05, 3.63) is 83.0 Å². The molecule has 6 aliphatic rings. The van der Waals surface area contributed by atoms with E-state index in [2.05, 4.69) is 91.8 Å². The van der Waals surface area contributed by atoms with Crippen LogP contribution in [0.15, 0.2) is 83.0 Å². The fourth-order valence-corrected chi connectivity index (χ4v) is 63.2. The van der Waals surface area contributed by atoms with Crippen LogP contribution in [0.5, 0.6) is 0 Å². The summed E-state index contributed by atoms with van der Waals surface area (Å²) in [5.74, 6) is 0.694. The van der Waals surface area contributed by atoms with Crippen LogP contribution in [-0.4, -0.2) is 11.8 Å². The summed E-state index contributed by atoms with van der Waals surface area (Å²) >= 11 is -3.00. The zero-order valence-corrected chi connectivity index (χ0v) is 36.3. The maximum atomic E-state index is 2.52. The van der Waals surface area contributed by atoms with Gasteiger partial charge < -0.3 is 24.8 Å². The van der Waals surface area contributed by atoms with Crippen molar-refractivity contribution in [2.45, 2.75) is 118 Å². The Bertz CT molecular complexity index is 1170. The topological polar surface area (TPSA) is 0 Å². The average molecular weight is 796 g/mol. The molecule has 4 aliphatic carbocycles. The van der Waals surface area contributed by atoms with E-state index in [1.807, 2.05) is 13.1 Å². The molecule has 0 radical (unpaired) electrons. The van der Waals surface area contributed by atoms with Gasteiger partial charge in [0, 0.05) is 0 Å².